The summed E-state index contributed by atoms with van der Waals surface area (Å²) in [5.74, 6) is 0.535. The van der Waals surface area contributed by atoms with Crippen molar-refractivity contribution in [1.82, 2.24) is 19.1 Å². The van der Waals surface area contributed by atoms with Gasteiger partial charge in [0.05, 0.1) is 18.2 Å². The monoisotopic (exact) mass is 386 g/mol. The molecule has 0 radical (unpaired) electrons. The number of hydrogen-bond donors (Lipinski definition) is 0. The molecule has 0 saturated heterocycles. The molecule has 8 heteroatoms. The van der Waals surface area contributed by atoms with E-state index in [1.807, 2.05) is 19.1 Å². The van der Waals surface area contributed by atoms with Crippen LogP contribution in [-0.2, 0) is 23.6 Å². The van der Waals surface area contributed by atoms with Crippen LogP contribution < -0.4 is 4.74 Å². The van der Waals surface area contributed by atoms with Crippen molar-refractivity contribution < 1.29 is 13.2 Å². The predicted molar refractivity (Wildman–Crippen MR) is 103 cm³/mol. The van der Waals surface area contributed by atoms with E-state index in [1.165, 1.54) is 4.31 Å². The highest BCUT2D eigenvalue weighted by molar-refractivity contribution is 7.89. The van der Waals surface area contributed by atoms with E-state index >= 15 is 0 Å². The van der Waals surface area contributed by atoms with Gasteiger partial charge in [0.15, 0.2) is 0 Å². The molecule has 3 rings (SSSR count). The van der Waals surface area contributed by atoms with Crippen molar-refractivity contribution in [3.63, 3.8) is 0 Å². The van der Waals surface area contributed by atoms with Crippen LogP contribution in [0, 0.1) is 6.92 Å². The summed E-state index contributed by atoms with van der Waals surface area (Å²) in [4.78, 5) is 4.47. The van der Waals surface area contributed by atoms with Gasteiger partial charge < -0.3 is 4.74 Å². The second-order valence-corrected chi connectivity index (χ2v) is 8.39. The van der Waals surface area contributed by atoms with Gasteiger partial charge in [-0.2, -0.15) is 9.40 Å². The Morgan fingerprint density at radius 3 is 2.52 bits per heavy atom. The fourth-order valence-corrected chi connectivity index (χ4v) is 4.10. The van der Waals surface area contributed by atoms with Crippen molar-refractivity contribution in [2.45, 2.75) is 18.4 Å². The summed E-state index contributed by atoms with van der Waals surface area (Å²) in [6, 6.07) is 8.80. The van der Waals surface area contributed by atoms with Gasteiger partial charge in [-0.1, -0.05) is 6.07 Å². The Bertz CT molecular complexity index is 1040. The van der Waals surface area contributed by atoms with Gasteiger partial charge in [-0.25, -0.2) is 13.4 Å². The first-order chi connectivity index (χ1) is 12.8. The number of methoxy groups -OCH3 is 1. The maximum atomic E-state index is 12.9. The maximum Gasteiger partial charge on any atom is 0.243 e. The molecule has 2 aromatic heterocycles. The van der Waals surface area contributed by atoms with Crippen molar-refractivity contribution >= 4 is 10.0 Å². The highest BCUT2D eigenvalue weighted by Crippen LogP contribution is 2.27. The molecular weight excluding hydrogens is 364 g/mol. The number of ether oxygens (including phenoxy) is 1. The molecule has 3 aromatic rings. The minimum absolute atomic E-state index is 0.261. The average Bonchev–Trinajstić information content (AvgIpc) is 3.06. The molecule has 0 aliphatic carbocycles. The van der Waals surface area contributed by atoms with Gasteiger partial charge in [-0.15, -0.1) is 0 Å². The smallest absolute Gasteiger partial charge is 0.243 e. The molecule has 0 N–H and O–H groups in total. The lowest BCUT2D eigenvalue weighted by atomic mass is 10.0. The number of nitrogens with zero attached hydrogens (tertiary/aromatic N) is 4. The summed E-state index contributed by atoms with van der Waals surface area (Å²) >= 11 is 0. The Balaban J connectivity index is 1.86. The van der Waals surface area contributed by atoms with Crippen LogP contribution in [0.25, 0.3) is 11.1 Å². The molecule has 27 heavy (non-hydrogen) atoms. The van der Waals surface area contributed by atoms with E-state index in [1.54, 1.807) is 62.7 Å². The summed E-state index contributed by atoms with van der Waals surface area (Å²) in [6.45, 7) is 2.15. The van der Waals surface area contributed by atoms with Gasteiger partial charge in [0, 0.05) is 50.2 Å². The molecule has 0 saturated carbocycles. The molecule has 0 atom stereocenters. The predicted octanol–water partition coefficient (Wildman–Crippen LogP) is 2.62. The molecule has 1 aromatic carbocycles. The molecule has 0 spiro atoms. The number of aromatic nitrogens is 3. The number of aryl methyl sites for hydroxylation is 2. The number of benzene rings is 1. The van der Waals surface area contributed by atoms with Crippen molar-refractivity contribution in [3.05, 3.63) is 60.0 Å². The van der Waals surface area contributed by atoms with Crippen LogP contribution in [0.3, 0.4) is 0 Å². The fraction of sp³-hybridized carbons (Fsp3) is 0.263. The van der Waals surface area contributed by atoms with Crippen LogP contribution in [0.5, 0.6) is 5.88 Å². The molecule has 2 heterocycles. The Hall–Kier alpha value is -2.71. The van der Waals surface area contributed by atoms with Crippen molar-refractivity contribution in [3.8, 4) is 17.0 Å². The second kappa shape index (κ2) is 7.50. The lowest BCUT2D eigenvalue weighted by Crippen LogP contribution is -2.26. The molecule has 7 nitrogen and oxygen atoms in total. The molecule has 142 valence electrons. The van der Waals surface area contributed by atoms with E-state index in [9.17, 15) is 8.42 Å². The van der Waals surface area contributed by atoms with Crippen LogP contribution in [0.1, 0.15) is 11.1 Å². The zero-order valence-electron chi connectivity index (χ0n) is 15.7. The Labute approximate surface area is 159 Å². The Morgan fingerprint density at radius 1 is 1.19 bits per heavy atom. The van der Waals surface area contributed by atoms with Crippen molar-refractivity contribution in [2.75, 3.05) is 14.2 Å². The lowest BCUT2D eigenvalue weighted by molar-refractivity contribution is 0.398. The molecule has 0 bridgehead atoms. The third kappa shape index (κ3) is 4.01. The van der Waals surface area contributed by atoms with E-state index < -0.39 is 10.0 Å². The summed E-state index contributed by atoms with van der Waals surface area (Å²) < 4.78 is 33.8. The largest absolute Gasteiger partial charge is 0.481 e. The highest BCUT2D eigenvalue weighted by Gasteiger charge is 2.22. The summed E-state index contributed by atoms with van der Waals surface area (Å²) in [7, 11) is 1.33. The van der Waals surface area contributed by atoms with Gasteiger partial charge in [-0.05, 0) is 36.2 Å². The summed E-state index contributed by atoms with van der Waals surface area (Å²) in [5.41, 5.74) is 3.53. The number of hydrogen-bond acceptors (Lipinski definition) is 5. The van der Waals surface area contributed by atoms with Gasteiger partial charge in [0.25, 0.3) is 0 Å². The third-order valence-electron chi connectivity index (χ3n) is 4.33. The van der Waals surface area contributed by atoms with Crippen LogP contribution in [0.4, 0.5) is 0 Å². The number of sulfonamides is 1. The van der Waals surface area contributed by atoms with Crippen LogP contribution in [0.15, 0.2) is 53.8 Å². The summed E-state index contributed by atoms with van der Waals surface area (Å²) in [6.07, 6.45) is 5.18. The van der Waals surface area contributed by atoms with Crippen LogP contribution in [0.2, 0.25) is 0 Å². The minimum Gasteiger partial charge on any atom is -0.481 e. The van der Waals surface area contributed by atoms with Crippen molar-refractivity contribution in [2.24, 2.45) is 7.05 Å². The number of pyridine rings is 1. The number of rotatable bonds is 6. The molecule has 0 fully saturated rings. The van der Waals surface area contributed by atoms with E-state index in [-0.39, 0.29) is 11.4 Å². The Kier molecular flexibility index (Phi) is 5.29. The normalized spacial score (nSPS) is 11.7. The quantitative estimate of drug-likeness (QED) is 0.651. The first-order valence-corrected chi connectivity index (χ1v) is 9.80. The first-order valence-electron chi connectivity index (χ1n) is 8.36. The zero-order chi connectivity index (χ0) is 19.6. The third-order valence-corrected chi connectivity index (χ3v) is 6.13. The fourth-order valence-electron chi connectivity index (χ4n) is 2.86. The summed E-state index contributed by atoms with van der Waals surface area (Å²) in [5, 5.41) is 4.08. The lowest BCUT2D eigenvalue weighted by Gasteiger charge is -2.17. The molecule has 0 amide bonds. The molecule has 0 aliphatic rings. The van der Waals surface area contributed by atoms with Gasteiger partial charge in [0.2, 0.25) is 15.9 Å². The maximum absolute atomic E-state index is 12.9. The van der Waals surface area contributed by atoms with E-state index in [0.717, 1.165) is 22.3 Å². The van der Waals surface area contributed by atoms with E-state index in [0.29, 0.717) is 5.88 Å². The molecule has 0 unspecified atom stereocenters. The highest BCUT2D eigenvalue weighted by atomic mass is 32.2. The topological polar surface area (TPSA) is 77.3 Å². The van der Waals surface area contributed by atoms with Gasteiger partial charge in [-0.3, -0.25) is 4.68 Å². The van der Waals surface area contributed by atoms with E-state index in [2.05, 4.69) is 10.1 Å². The standard InChI is InChI=1S/C19H22N4O3S/c1-14-9-17(6-7-18(14)16-5-8-19(26-4)20-11-16)27(24,25)23(3)13-15-10-21-22(2)12-15/h5-12H,13H2,1-4H3. The van der Waals surface area contributed by atoms with Gasteiger partial charge >= 0.3 is 0 Å². The Morgan fingerprint density at radius 2 is 1.96 bits per heavy atom. The van der Waals surface area contributed by atoms with Crippen molar-refractivity contribution in [1.29, 1.82) is 0 Å². The second-order valence-electron chi connectivity index (χ2n) is 6.35. The van der Waals surface area contributed by atoms with Crippen LogP contribution >= 0.6 is 0 Å². The first kappa shape index (κ1) is 19.1. The molecule has 0 aliphatic heterocycles. The SMILES string of the molecule is COc1ccc(-c2ccc(S(=O)(=O)N(C)Cc3cnn(C)c3)cc2C)cn1. The zero-order valence-corrected chi connectivity index (χ0v) is 16.6. The molecular formula is C19H22N4O3S. The average molecular weight is 386 g/mol. The van der Waals surface area contributed by atoms with E-state index in [4.69, 9.17) is 4.74 Å². The minimum atomic E-state index is -3.60. The van der Waals surface area contributed by atoms with Crippen LogP contribution in [-0.4, -0.2) is 41.6 Å². The van der Waals surface area contributed by atoms with Gasteiger partial charge in [0.1, 0.15) is 0 Å².